The van der Waals surface area contributed by atoms with E-state index < -0.39 is 5.91 Å². The van der Waals surface area contributed by atoms with Crippen molar-refractivity contribution in [3.05, 3.63) is 65.9 Å². The van der Waals surface area contributed by atoms with Crippen molar-refractivity contribution >= 4 is 17.9 Å². The molecule has 0 saturated carbocycles. The summed E-state index contributed by atoms with van der Waals surface area (Å²) in [6.45, 7) is 0. The maximum absolute atomic E-state index is 12.5. The summed E-state index contributed by atoms with van der Waals surface area (Å²) in [5, 5.41) is 12.6. The fraction of sp³-hybridized carbons (Fsp3) is 0.0526. The first kappa shape index (κ1) is 16.3. The molecule has 0 aliphatic heterocycles. The summed E-state index contributed by atoms with van der Waals surface area (Å²) in [7, 11) is 1.46. The summed E-state index contributed by atoms with van der Waals surface area (Å²) in [6.07, 6.45) is 2.18. The number of benzene rings is 2. The average molecular weight is 337 g/mol. The van der Waals surface area contributed by atoms with Crippen LogP contribution >= 0.6 is 0 Å². The molecule has 0 bridgehead atoms. The van der Waals surface area contributed by atoms with Crippen LogP contribution in [0.25, 0.3) is 11.3 Å². The molecule has 1 heterocycles. The molecule has 0 saturated heterocycles. The van der Waals surface area contributed by atoms with Gasteiger partial charge in [0.1, 0.15) is 17.3 Å². The second-order valence-electron chi connectivity index (χ2n) is 5.23. The third-order valence-electron chi connectivity index (χ3n) is 3.68. The Morgan fingerprint density at radius 2 is 2.04 bits per heavy atom. The Labute approximate surface area is 143 Å². The lowest BCUT2D eigenvalue weighted by atomic mass is 10.1. The summed E-state index contributed by atoms with van der Waals surface area (Å²) in [5.41, 5.74) is 1.38. The molecular formula is C19H15NO5. The lowest BCUT2D eigenvalue weighted by Gasteiger charge is -2.11. The van der Waals surface area contributed by atoms with E-state index in [9.17, 15) is 14.7 Å². The van der Waals surface area contributed by atoms with Crippen molar-refractivity contribution in [3.63, 3.8) is 0 Å². The quantitative estimate of drug-likeness (QED) is 0.693. The van der Waals surface area contributed by atoms with Gasteiger partial charge in [-0.3, -0.25) is 9.59 Å². The molecule has 0 aliphatic carbocycles. The minimum Gasteiger partial charge on any atom is -0.507 e. The van der Waals surface area contributed by atoms with Crippen LogP contribution in [0.5, 0.6) is 11.5 Å². The summed E-state index contributed by atoms with van der Waals surface area (Å²) in [6, 6.07) is 12.8. The van der Waals surface area contributed by atoms with Crippen molar-refractivity contribution in [2.75, 3.05) is 12.4 Å². The summed E-state index contributed by atoms with van der Waals surface area (Å²) >= 11 is 0. The molecule has 0 aliphatic rings. The largest absolute Gasteiger partial charge is 0.507 e. The van der Waals surface area contributed by atoms with Crippen molar-refractivity contribution < 1.29 is 23.8 Å². The number of amides is 1. The van der Waals surface area contributed by atoms with Gasteiger partial charge < -0.3 is 19.6 Å². The minimum absolute atomic E-state index is 0.0413. The minimum atomic E-state index is -0.559. The molecule has 6 heteroatoms. The number of phenolic OH excluding ortho intramolecular Hbond substituents is 1. The molecule has 0 radical (unpaired) electrons. The first-order chi connectivity index (χ1) is 12.1. The highest BCUT2D eigenvalue weighted by Crippen LogP contribution is 2.28. The van der Waals surface area contributed by atoms with Crippen LogP contribution in [0.4, 0.5) is 5.69 Å². The number of carbonyl (C=O) groups excluding carboxylic acids is 2. The first-order valence-electron chi connectivity index (χ1n) is 7.44. The van der Waals surface area contributed by atoms with E-state index in [4.69, 9.17) is 9.15 Å². The molecule has 1 amide bonds. The zero-order chi connectivity index (χ0) is 17.8. The first-order valence-corrected chi connectivity index (χ1v) is 7.44. The topological polar surface area (TPSA) is 88.8 Å². The molecule has 6 nitrogen and oxygen atoms in total. The van der Waals surface area contributed by atoms with Gasteiger partial charge in [0.05, 0.1) is 24.6 Å². The van der Waals surface area contributed by atoms with Crippen LogP contribution in [-0.4, -0.2) is 24.4 Å². The lowest BCUT2D eigenvalue weighted by molar-refractivity contribution is 0.102. The van der Waals surface area contributed by atoms with Gasteiger partial charge in [-0.2, -0.15) is 0 Å². The normalized spacial score (nSPS) is 10.3. The van der Waals surface area contributed by atoms with Gasteiger partial charge in [-0.1, -0.05) is 6.07 Å². The van der Waals surface area contributed by atoms with Gasteiger partial charge in [0.2, 0.25) is 0 Å². The smallest absolute Gasteiger partial charge is 0.259 e. The number of ether oxygens (including phenoxy) is 1. The van der Waals surface area contributed by atoms with E-state index in [1.165, 1.54) is 25.5 Å². The summed E-state index contributed by atoms with van der Waals surface area (Å²) in [4.78, 5) is 23.8. The van der Waals surface area contributed by atoms with Gasteiger partial charge in [0, 0.05) is 11.1 Å². The number of carbonyl (C=O) groups is 2. The highest BCUT2D eigenvalue weighted by Gasteiger charge is 2.15. The van der Waals surface area contributed by atoms with Gasteiger partial charge in [-0.05, 0) is 42.5 Å². The van der Waals surface area contributed by atoms with Crippen LogP contribution in [0.15, 0.2) is 59.2 Å². The molecule has 0 atom stereocenters. The van der Waals surface area contributed by atoms with Crippen LogP contribution in [0, 0.1) is 0 Å². The number of phenols is 1. The molecular weight excluding hydrogens is 322 g/mol. The second kappa shape index (κ2) is 6.92. The molecule has 126 valence electrons. The Hall–Kier alpha value is -3.54. The SMILES string of the molecule is COc1ccc(O)c(C(=O)Nc2cc(-c3ccco3)ccc2C=O)c1. The van der Waals surface area contributed by atoms with Crippen LogP contribution in [-0.2, 0) is 0 Å². The zero-order valence-corrected chi connectivity index (χ0v) is 13.4. The van der Waals surface area contributed by atoms with Crippen LogP contribution in [0.3, 0.4) is 0 Å². The van der Waals surface area contributed by atoms with Crippen molar-refractivity contribution in [1.82, 2.24) is 0 Å². The number of rotatable bonds is 5. The van der Waals surface area contributed by atoms with Crippen LogP contribution < -0.4 is 10.1 Å². The van der Waals surface area contributed by atoms with Gasteiger partial charge in [0.25, 0.3) is 5.91 Å². The molecule has 2 aromatic carbocycles. The molecule has 0 fully saturated rings. The third kappa shape index (κ3) is 3.37. The molecule has 0 spiro atoms. The van der Waals surface area contributed by atoms with E-state index in [2.05, 4.69) is 5.32 Å². The number of furan rings is 1. The van der Waals surface area contributed by atoms with Crippen molar-refractivity contribution in [3.8, 4) is 22.8 Å². The van der Waals surface area contributed by atoms with E-state index in [1.807, 2.05) is 0 Å². The second-order valence-corrected chi connectivity index (χ2v) is 5.23. The molecule has 2 N–H and O–H groups in total. The molecule has 25 heavy (non-hydrogen) atoms. The number of methoxy groups -OCH3 is 1. The molecule has 3 rings (SSSR count). The number of hydrogen-bond donors (Lipinski definition) is 2. The maximum atomic E-state index is 12.5. The Kier molecular flexibility index (Phi) is 4.52. The predicted molar refractivity (Wildman–Crippen MR) is 92.1 cm³/mol. The highest BCUT2D eigenvalue weighted by molar-refractivity contribution is 6.08. The summed E-state index contributed by atoms with van der Waals surface area (Å²) < 4.78 is 10.4. The Bertz CT molecular complexity index is 916. The number of hydrogen-bond acceptors (Lipinski definition) is 5. The van der Waals surface area contributed by atoms with E-state index in [0.29, 0.717) is 34.6 Å². The van der Waals surface area contributed by atoms with Gasteiger partial charge in [0.15, 0.2) is 6.29 Å². The predicted octanol–water partition coefficient (Wildman–Crippen LogP) is 3.73. The van der Waals surface area contributed by atoms with E-state index >= 15 is 0 Å². The van der Waals surface area contributed by atoms with Crippen molar-refractivity contribution in [1.29, 1.82) is 0 Å². The Morgan fingerprint density at radius 3 is 2.72 bits per heavy atom. The number of anilines is 1. The molecule has 0 unspecified atom stereocenters. The zero-order valence-electron chi connectivity index (χ0n) is 13.4. The third-order valence-corrected chi connectivity index (χ3v) is 3.68. The molecule has 1 aromatic heterocycles. The maximum Gasteiger partial charge on any atom is 0.259 e. The van der Waals surface area contributed by atoms with E-state index in [0.717, 1.165) is 0 Å². The number of aldehydes is 1. The molecule has 3 aromatic rings. The van der Waals surface area contributed by atoms with Crippen molar-refractivity contribution in [2.45, 2.75) is 0 Å². The van der Waals surface area contributed by atoms with Gasteiger partial charge in [-0.15, -0.1) is 0 Å². The Morgan fingerprint density at radius 1 is 1.20 bits per heavy atom. The van der Waals surface area contributed by atoms with Crippen LogP contribution in [0.2, 0.25) is 0 Å². The van der Waals surface area contributed by atoms with Gasteiger partial charge >= 0.3 is 0 Å². The van der Waals surface area contributed by atoms with Crippen LogP contribution in [0.1, 0.15) is 20.7 Å². The highest BCUT2D eigenvalue weighted by atomic mass is 16.5. The van der Waals surface area contributed by atoms with E-state index in [-0.39, 0.29) is 11.3 Å². The fourth-order valence-corrected chi connectivity index (χ4v) is 2.38. The average Bonchev–Trinajstić information content (AvgIpc) is 3.16. The fourth-order valence-electron chi connectivity index (χ4n) is 2.38. The lowest BCUT2D eigenvalue weighted by Crippen LogP contribution is -2.13. The van der Waals surface area contributed by atoms with E-state index in [1.54, 1.807) is 36.4 Å². The van der Waals surface area contributed by atoms with Crippen molar-refractivity contribution in [2.24, 2.45) is 0 Å². The summed E-state index contributed by atoms with van der Waals surface area (Å²) in [5.74, 6) is 0.296. The Balaban J connectivity index is 1.95. The monoisotopic (exact) mass is 337 g/mol. The standard InChI is InChI=1S/C19H15NO5/c1-24-14-6-7-17(22)15(10-14)19(23)20-16-9-12(4-5-13(16)11-21)18-3-2-8-25-18/h2-11,22H,1H3,(H,20,23). The van der Waals surface area contributed by atoms with Gasteiger partial charge in [-0.25, -0.2) is 0 Å². The number of aromatic hydroxyl groups is 1. The number of nitrogens with one attached hydrogen (secondary N) is 1.